The van der Waals surface area contributed by atoms with Crippen LogP contribution in [0.15, 0.2) is 30.3 Å². The topological polar surface area (TPSA) is 76.2 Å². The zero-order valence-corrected chi connectivity index (χ0v) is 15.7. The van der Waals surface area contributed by atoms with E-state index < -0.39 is 12.1 Å². The summed E-state index contributed by atoms with van der Waals surface area (Å²) >= 11 is 0. The molecule has 0 unspecified atom stereocenters. The maximum absolute atomic E-state index is 12.6. The third kappa shape index (κ3) is 4.36. The molecule has 136 valence electrons. The minimum absolute atomic E-state index is 0.110. The predicted octanol–water partition coefficient (Wildman–Crippen LogP) is 3.97. The van der Waals surface area contributed by atoms with Gasteiger partial charge in [-0.3, -0.25) is 9.59 Å². The van der Waals surface area contributed by atoms with Gasteiger partial charge in [0.15, 0.2) is 11.9 Å². The van der Waals surface area contributed by atoms with Gasteiger partial charge >= 0.3 is 5.97 Å². The van der Waals surface area contributed by atoms with Crippen LogP contribution in [0.1, 0.15) is 57.1 Å². The molecule has 1 heterocycles. The molecule has 0 amide bonds. The number of ether oxygens (including phenoxy) is 1. The van der Waals surface area contributed by atoms with Crippen molar-refractivity contribution < 1.29 is 19.1 Å². The zero-order valence-electron chi connectivity index (χ0n) is 15.7. The number of carbonyl (C=O) groups is 3. The lowest BCUT2D eigenvalue weighted by atomic mass is 10.0. The molecule has 0 aliphatic rings. The van der Waals surface area contributed by atoms with Crippen molar-refractivity contribution in [1.82, 2.24) is 4.98 Å². The molecule has 1 aromatic carbocycles. The normalized spacial score (nSPS) is 12.2. The number of hydrogen-bond donors (Lipinski definition) is 1. The Morgan fingerprint density at radius 2 is 1.69 bits per heavy atom. The number of aromatic amines is 1. The Hall–Kier alpha value is -2.95. The quantitative estimate of drug-likeness (QED) is 0.484. The van der Waals surface area contributed by atoms with Gasteiger partial charge in [-0.2, -0.15) is 0 Å². The summed E-state index contributed by atoms with van der Waals surface area (Å²) in [6, 6.07) is 7.67. The Morgan fingerprint density at radius 1 is 1.08 bits per heavy atom. The van der Waals surface area contributed by atoms with Crippen LogP contribution < -0.4 is 0 Å². The molecule has 0 spiro atoms. The molecule has 5 nitrogen and oxygen atoms in total. The molecular weight excluding hydrogens is 330 g/mol. The van der Waals surface area contributed by atoms with E-state index in [2.05, 4.69) is 4.98 Å². The molecule has 2 rings (SSSR count). The number of benzene rings is 1. The third-order valence-electron chi connectivity index (χ3n) is 4.19. The lowest BCUT2D eigenvalue weighted by molar-refractivity contribution is -0.140. The van der Waals surface area contributed by atoms with E-state index in [4.69, 9.17) is 4.74 Å². The number of aryl methyl sites for hydroxylation is 2. The van der Waals surface area contributed by atoms with Crippen LogP contribution in [0.2, 0.25) is 0 Å². The van der Waals surface area contributed by atoms with Crippen molar-refractivity contribution in [2.24, 2.45) is 0 Å². The molecule has 1 N–H and O–H groups in total. The lowest BCUT2D eigenvalue weighted by Crippen LogP contribution is -2.24. The van der Waals surface area contributed by atoms with Gasteiger partial charge in [0.1, 0.15) is 0 Å². The first-order chi connectivity index (χ1) is 12.2. The van der Waals surface area contributed by atoms with Gasteiger partial charge < -0.3 is 9.72 Å². The Kier molecular flexibility index (Phi) is 5.93. The maximum Gasteiger partial charge on any atom is 0.331 e. The summed E-state index contributed by atoms with van der Waals surface area (Å²) in [6.45, 7) is 8.40. The summed E-state index contributed by atoms with van der Waals surface area (Å²) in [7, 11) is 0. The van der Waals surface area contributed by atoms with Gasteiger partial charge in [0.2, 0.25) is 5.78 Å². The number of nitrogens with one attached hydrogen (secondary N) is 1. The van der Waals surface area contributed by atoms with Crippen LogP contribution in [0.4, 0.5) is 0 Å². The van der Waals surface area contributed by atoms with Crippen molar-refractivity contribution in [2.75, 3.05) is 0 Å². The van der Waals surface area contributed by atoms with Crippen molar-refractivity contribution in [1.29, 1.82) is 0 Å². The van der Waals surface area contributed by atoms with Gasteiger partial charge in [0, 0.05) is 17.3 Å². The largest absolute Gasteiger partial charge is 0.451 e. The van der Waals surface area contributed by atoms with E-state index in [9.17, 15) is 14.4 Å². The van der Waals surface area contributed by atoms with Gasteiger partial charge in [-0.1, -0.05) is 29.8 Å². The molecule has 0 bridgehead atoms. The van der Waals surface area contributed by atoms with Gasteiger partial charge in [0.25, 0.3) is 0 Å². The first kappa shape index (κ1) is 19.4. The van der Waals surface area contributed by atoms with Crippen LogP contribution in [0.25, 0.3) is 6.08 Å². The molecule has 0 aliphatic carbocycles. The average Bonchev–Trinajstić information content (AvgIpc) is 2.88. The summed E-state index contributed by atoms with van der Waals surface area (Å²) in [6.07, 6.45) is 1.97. The second kappa shape index (κ2) is 7.95. The number of carbonyl (C=O) groups excluding carboxylic acids is 3. The van der Waals surface area contributed by atoms with Crippen molar-refractivity contribution in [2.45, 2.75) is 40.7 Å². The standard InChI is InChI=1S/C21H23NO4/c1-12-6-8-17(9-7-12)10-11-18(24)26-16(5)21(25)20-13(2)19(15(4)23)14(3)22-20/h6-11,16,22H,1-5H3/b11-10+/t16-/m0/s1. The highest BCUT2D eigenvalue weighted by Gasteiger charge is 2.25. The number of rotatable bonds is 6. The third-order valence-corrected chi connectivity index (χ3v) is 4.19. The fourth-order valence-electron chi connectivity index (χ4n) is 2.84. The molecule has 1 aromatic heterocycles. The SMILES string of the molecule is CC(=O)c1c(C)[nH]c(C(=O)[C@H](C)OC(=O)/C=C/c2ccc(C)cc2)c1C. The lowest BCUT2D eigenvalue weighted by Gasteiger charge is -2.10. The number of Topliss-reactive ketones (excluding diaryl/α,β-unsaturated/α-hetero) is 2. The highest BCUT2D eigenvalue weighted by Crippen LogP contribution is 2.20. The minimum atomic E-state index is -0.957. The number of ketones is 2. The van der Waals surface area contributed by atoms with Crippen molar-refractivity contribution in [3.05, 3.63) is 64.0 Å². The molecule has 26 heavy (non-hydrogen) atoms. The van der Waals surface area contributed by atoms with Crippen LogP contribution in [0, 0.1) is 20.8 Å². The summed E-state index contributed by atoms with van der Waals surface area (Å²) in [5.41, 5.74) is 4.02. The van der Waals surface area contributed by atoms with Crippen molar-refractivity contribution >= 4 is 23.6 Å². The molecule has 0 radical (unpaired) electrons. The number of esters is 1. The van der Waals surface area contributed by atoms with Crippen LogP contribution in [-0.4, -0.2) is 28.6 Å². The van der Waals surface area contributed by atoms with Gasteiger partial charge in [-0.15, -0.1) is 0 Å². The molecular formula is C21H23NO4. The summed E-state index contributed by atoms with van der Waals surface area (Å²) in [5, 5.41) is 0. The maximum atomic E-state index is 12.6. The van der Waals surface area contributed by atoms with Crippen LogP contribution in [-0.2, 0) is 9.53 Å². The second-order valence-electron chi connectivity index (χ2n) is 6.37. The average molecular weight is 353 g/mol. The summed E-state index contributed by atoms with van der Waals surface area (Å²) in [4.78, 5) is 39.1. The van der Waals surface area contributed by atoms with E-state index in [0.29, 0.717) is 22.5 Å². The van der Waals surface area contributed by atoms with E-state index in [0.717, 1.165) is 11.1 Å². The van der Waals surface area contributed by atoms with E-state index in [1.54, 1.807) is 19.9 Å². The first-order valence-corrected chi connectivity index (χ1v) is 8.40. The van der Waals surface area contributed by atoms with Crippen molar-refractivity contribution in [3.63, 3.8) is 0 Å². The smallest absolute Gasteiger partial charge is 0.331 e. The molecule has 0 saturated heterocycles. The molecule has 0 aliphatic heterocycles. The van der Waals surface area contributed by atoms with Crippen LogP contribution in [0.3, 0.4) is 0 Å². The first-order valence-electron chi connectivity index (χ1n) is 8.40. The molecule has 0 saturated carbocycles. The van der Waals surface area contributed by atoms with Crippen LogP contribution >= 0.6 is 0 Å². The fourth-order valence-corrected chi connectivity index (χ4v) is 2.84. The molecule has 0 fully saturated rings. The van der Waals surface area contributed by atoms with Gasteiger partial charge in [-0.05, 0) is 51.8 Å². The fraction of sp³-hybridized carbons (Fsp3) is 0.286. The monoisotopic (exact) mass is 353 g/mol. The second-order valence-corrected chi connectivity index (χ2v) is 6.37. The Balaban J connectivity index is 2.07. The van der Waals surface area contributed by atoms with E-state index in [-0.39, 0.29) is 11.6 Å². The van der Waals surface area contributed by atoms with Gasteiger partial charge in [-0.25, -0.2) is 4.79 Å². The minimum Gasteiger partial charge on any atom is -0.451 e. The number of H-pyrrole nitrogens is 1. The van der Waals surface area contributed by atoms with E-state index >= 15 is 0 Å². The summed E-state index contributed by atoms with van der Waals surface area (Å²) in [5.74, 6) is -1.07. The zero-order chi connectivity index (χ0) is 19.4. The highest BCUT2D eigenvalue weighted by molar-refractivity contribution is 6.05. The summed E-state index contributed by atoms with van der Waals surface area (Å²) < 4.78 is 5.20. The molecule has 1 atom stereocenters. The van der Waals surface area contributed by atoms with Crippen LogP contribution in [0.5, 0.6) is 0 Å². The van der Waals surface area contributed by atoms with E-state index in [1.807, 2.05) is 31.2 Å². The Labute approximate surface area is 153 Å². The Bertz CT molecular complexity index is 872. The predicted molar refractivity (Wildman–Crippen MR) is 100 cm³/mol. The number of aromatic nitrogens is 1. The molecule has 5 heteroatoms. The van der Waals surface area contributed by atoms with E-state index in [1.165, 1.54) is 19.9 Å². The van der Waals surface area contributed by atoms with Gasteiger partial charge in [0.05, 0.1) is 5.69 Å². The molecule has 2 aromatic rings. The Morgan fingerprint density at radius 3 is 2.23 bits per heavy atom. The number of hydrogen-bond acceptors (Lipinski definition) is 4. The highest BCUT2D eigenvalue weighted by atomic mass is 16.5. The van der Waals surface area contributed by atoms with Crippen molar-refractivity contribution in [3.8, 4) is 0 Å².